The molecule has 0 aliphatic rings. The van der Waals surface area contributed by atoms with Gasteiger partial charge in [-0.1, -0.05) is 57.2 Å². The third kappa shape index (κ3) is 13.7. The SMILES string of the molecule is CCCCCCCCC(=O)OCCOCCOCCOc1ccccc1. The molecule has 0 aliphatic carbocycles. The van der Waals surface area contributed by atoms with Crippen molar-refractivity contribution in [3.63, 3.8) is 0 Å². The third-order valence-electron chi connectivity index (χ3n) is 3.84. The predicted octanol–water partition coefficient (Wildman–Crippen LogP) is 4.39. The average Bonchev–Trinajstić information content (AvgIpc) is 2.67. The van der Waals surface area contributed by atoms with Gasteiger partial charge in [-0.2, -0.15) is 0 Å². The third-order valence-corrected chi connectivity index (χ3v) is 3.84. The van der Waals surface area contributed by atoms with E-state index in [0.717, 1.165) is 18.6 Å². The number of hydrogen-bond acceptors (Lipinski definition) is 5. The Bertz CT molecular complexity index is 435. The first-order valence-corrected chi connectivity index (χ1v) is 9.82. The molecule has 0 aliphatic heterocycles. The van der Waals surface area contributed by atoms with E-state index in [2.05, 4.69) is 6.92 Å². The second-order valence-corrected chi connectivity index (χ2v) is 6.12. The van der Waals surface area contributed by atoms with Crippen molar-refractivity contribution in [3.8, 4) is 5.75 Å². The van der Waals surface area contributed by atoms with E-state index in [9.17, 15) is 4.79 Å². The fraction of sp³-hybridized carbons (Fsp3) is 0.667. The van der Waals surface area contributed by atoms with Gasteiger partial charge in [0.2, 0.25) is 0 Å². The Morgan fingerprint density at radius 3 is 2.12 bits per heavy atom. The Morgan fingerprint density at radius 1 is 0.769 bits per heavy atom. The lowest BCUT2D eigenvalue weighted by molar-refractivity contribution is -0.145. The number of para-hydroxylation sites is 1. The molecular weight excluding hydrogens is 332 g/mol. The van der Waals surface area contributed by atoms with Crippen molar-refractivity contribution in [1.29, 1.82) is 0 Å². The normalized spacial score (nSPS) is 10.7. The summed E-state index contributed by atoms with van der Waals surface area (Å²) in [7, 11) is 0. The summed E-state index contributed by atoms with van der Waals surface area (Å²) in [6, 6.07) is 9.65. The molecule has 0 bridgehead atoms. The van der Waals surface area contributed by atoms with Crippen molar-refractivity contribution in [1.82, 2.24) is 0 Å². The van der Waals surface area contributed by atoms with E-state index in [-0.39, 0.29) is 5.97 Å². The van der Waals surface area contributed by atoms with Crippen LogP contribution in [0.3, 0.4) is 0 Å². The number of benzene rings is 1. The number of carbonyl (C=O) groups is 1. The molecule has 0 radical (unpaired) electrons. The highest BCUT2D eigenvalue weighted by Crippen LogP contribution is 2.08. The zero-order chi connectivity index (χ0) is 18.7. The van der Waals surface area contributed by atoms with Crippen LogP contribution in [0.25, 0.3) is 0 Å². The minimum absolute atomic E-state index is 0.126. The van der Waals surface area contributed by atoms with Gasteiger partial charge in [-0.15, -0.1) is 0 Å². The van der Waals surface area contributed by atoms with Crippen LogP contribution in [0, 0.1) is 0 Å². The summed E-state index contributed by atoms with van der Waals surface area (Å²) < 4.78 is 21.4. The van der Waals surface area contributed by atoms with E-state index in [4.69, 9.17) is 18.9 Å². The maximum atomic E-state index is 11.5. The quantitative estimate of drug-likeness (QED) is 0.302. The molecule has 26 heavy (non-hydrogen) atoms. The van der Waals surface area contributed by atoms with Gasteiger partial charge >= 0.3 is 5.97 Å². The van der Waals surface area contributed by atoms with Gasteiger partial charge in [-0.05, 0) is 18.6 Å². The van der Waals surface area contributed by atoms with E-state index in [1.54, 1.807) is 0 Å². The van der Waals surface area contributed by atoms with E-state index in [0.29, 0.717) is 46.1 Å². The van der Waals surface area contributed by atoms with Gasteiger partial charge in [0.05, 0.1) is 26.4 Å². The molecule has 148 valence electrons. The van der Waals surface area contributed by atoms with E-state index in [1.807, 2.05) is 30.3 Å². The van der Waals surface area contributed by atoms with Crippen LogP contribution in [-0.2, 0) is 19.0 Å². The Balaban J connectivity index is 1.78. The van der Waals surface area contributed by atoms with Crippen LogP contribution in [0.4, 0.5) is 0 Å². The average molecular weight is 366 g/mol. The van der Waals surface area contributed by atoms with Crippen LogP contribution in [-0.4, -0.2) is 45.6 Å². The van der Waals surface area contributed by atoms with Crippen molar-refractivity contribution in [3.05, 3.63) is 30.3 Å². The summed E-state index contributed by atoms with van der Waals surface area (Å²) in [5.41, 5.74) is 0. The highest BCUT2D eigenvalue weighted by Gasteiger charge is 2.02. The standard InChI is InChI=1S/C21H34O5/c1-2-3-4-5-6-10-13-21(22)26-19-17-24-15-14-23-16-18-25-20-11-8-7-9-12-20/h7-9,11-12H,2-6,10,13-19H2,1H3. The highest BCUT2D eigenvalue weighted by atomic mass is 16.6. The Hall–Kier alpha value is -1.59. The number of hydrogen-bond donors (Lipinski definition) is 0. The molecule has 0 aromatic heterocycles. The molecule has 5 heteroatoms. The van der Waals surface area contributed by atoms with E-state index < -0.39 is 0 Å². The van der Waals surface area contributed by atoms with Crippen LogP contribution < -0.4 is 4.74 Å². The zero-order valence-corrected chi connectivity index (χ0v) is 16.1. The number of ether oxygens (including phenoxy) is 4. The summed E-state index contributed by atoms with van der Waals surface area (Å²) in [4.78, 5) is 11.5. The summed E-state index contributed by atoms with van der Waals surface area (Å²) >= 11 is 0. The summed E-state index contributed by atoms with van der Waals surface area (Å²) in [5.74, 6) is 0.716. The van der Waals surface area contributed by atoms with Crippen LogP contribution >= 0.6 is 0 Å². The number of unbranched alkanes of at least 4 members (excludes halogenated alkanes) is 5. The van der Waals surface area contributed by atoms with Gasteiger partial charge < -0.3 is 18.9 Å². The Morgan fingerprint density at radius 2 is 1.38 bits per heavy atom. The molecule has 0 spiro atoms. The first kappa shape index (κ1) is 22.5. The molecule has 0 atom stereocenters. The molecular formula is C21H34O5. The topological polar surface area (TPSA) is 54.0 Å². The Labute approximate surface area is 158 Å². The van der Waals surface area contributed by atoms with Gasteiger partial charge in [0.1, 0.15) is 19.0 Å². The molecule has 0 saturated heterocycles. The number of carbonyl (C=O) groups excluding carboxylic acids is 1. The minimum atomic E-state index is -0.126. The molecule has 1 aromatic rings. The number of rotatable bonds is 17. The lowest BCUT2D eigenvalue weighted by Crippen LogP contribution is -2.14. The van der Waals surface area contributed by atoms with Crippen molar-refractivity contribution >= 4 is 5.97 Å². The van der Waals surface area contributed by atoms with Crippen LogP contribution in [0.5, 0.6) is 5.75 Å². The lowest BCUT2D eigenvalue weighted by atomic mass is 10.1. The van der Waals surface area contributed by atoms with Gasteiger partial charge in [0, 0.05) is 6.42 Å². The molecule has 5 nitrogen and oxygen atoms in total. The van der Waals surface area contributed by atoms with Crippen molar-refractivity contribution in [2.24, 2.45) is 0 Å². The van der Waals surface area contributed by atoms with Crippen LogP contribution in [0.1, 0.15) is 51.9 Å². The molecule has 1 aromatic carbocycles. The van der Waals surface area contributed by atoms with Gasteiger partial charge in [-0.3, -0.25) is 4.79 Å². The highest BCUT2D eigenvalue weighted by molar-refractivity contribution is 5.69. The maximum Gasteiger partial charge on any atom is 0.305 e. The summed E-state index contributed by atoms with van der Waals surface area (Å²) in [6.45, 7) is 4.94. The fourth-order valence-corrected chi connectivity index (χ4v) is 2.39. The van der Waals surface area contributed by atoms with Crippen molar-refractivity contribution in [2.75, 3.05) is 39.6 Å². The molecule has 1 rings (SSSR count). The maximum absolute atomic E-state index is 11.5. The molecule has 0 heterocycles. The lowest BCUT2D eigenvalue weighted by Gasteiger charge is -2.08. The largest absolute Gasteiger partial charge is 0.491 e. The fourth-order valence-electron chi connectivity index (χ4n) is 2.39. The second-order valence-electron chi connectivity index (χ2n) is 6.12. The smallest absolute Gasteiger partial charge is 0.305 e. The van der Waals surface area contributed by atoms with Crippen molar-refractivity contribution in [2.45, 2.75) is 51.9 Å². The van der Waals surface area contributed by atoms with Gasteiger partial charge in [-0.25, -0.2) is 0 Å². The van der Waals surface area contributed by atoms with Gasteiger partial charge in [0.15, 0.2) is 0 Å². The number of esters is 1. The monoisotopic (exact) mass is 366 g/mol. The zero-order valence-electron chi connectivity index (χ0n) is 16.1. The first-order chi connectivity index (χ1) is 12.8. The molecule has 0 N–H and O–H groups in total. The summed E-state index contributed by atoms with van der Waals surface area (Å²) in [6.07, 6.45) is 7.54. The van der Waals surface area contributed by atoms with E-state index >= 15 is 0 Å². The Kier molecular flexibility index (Phi) is 14.6. The molecule has 0 fully saturated rings. The van der Waals surface area contributed by atoms with Crippen molar-refractivity contribution < 1.29 is 23.7 Å². The first-order valence-electron chi connectivity index (χ1n) is 9.82. The molecule has 0 unspecified atom stereocenters. The van der Waals surface area contributed by atoms with Gasteiger partial charge in [0.25, 0.3) is 0 Å². The van der Waals surface area contributed by atoms with Crippen LogP contribution in [0.15, 0.2) is 30.3 Å². The second kappa shape index (κ2) is 16.9. The molecule has 0 amide bonds. The molecule has 0 saturated carbocycles. The summed E-state index contributed by atoms with van der Waals surface area (Å²) in [5, 5.41) is 0. The predicted molar refractivity (Wildman–Crippen MR) is 103 cm³/mol. The van der Waals surface area contributed by atoms with E-state index in [1.165, 1.54) is 25.7 Å². The minimum Gasteiger partial charge on any atom is -0.491 e. The van der Waals surface area contributed by atoms with Crippen LogP contribution in [0.2, 0.25) is 0 Å².